The van der Waals surface area contributed by atoms with Crippen molar-refractivity contribution in [3.8, 4) is 11.3 Å². The molecule has 18 heavy (non-hydrogen) atoms. The second-order valence-corrected chi connectivity index (χ2v) is 5.46. The molecule has 92 valence electrons. The van der Waals surface area contributed by atoms with Crippen LogP contribution in [0.25, 0.3) is 11.3 Å². The van der Waals surface area contributed by atoms with Crippen molar-refractivity contribution < 1.29 is 0 Å². The molecule has 1 aliphatic carbocycles. The lowest BCUT2D eigenvalue weighted by Gasteiger charge is -2.10. The van der Waals surface area contributed by atoms with Gasteiger partial charge in [-0.3, -0.25) is 0 Å². The normalized spacial score (nSPS) is 14.8. The lowest BCUT2D eigenvalue weighted by molar-refractivity contribution is 0.914. The molecule has 1 saturated carbocycles. The molecule has 1 aliphatic rings. The molecule has 3 rings (SSSR count). The Morgan fingerprint density at radius 3 is 2.72 bits per heavy atom. The van der Waals surface area contributed by atoms with Crippen molar-refractivity contribution in [2.75, 3.05) is 0 Å². The van der Waals surface area contributed by atoms with Gasteiger partial charge in [0.05, 0.1) is 5.69 Å². The molecule has 0 radical (unpaired) electrons. The van der Waals surface area contributed by atoms with Gasteiger partial charge in [-0.15, -0.1) is 0 Å². The van der Waals surface area contributed by atoms with Crippen LogP contribution in [0.15, 0.2) is 24.3 Å². The van der Waals surface area contributed by atoms with Gasteiger partial charge in [-0.25, -0.2) is 4.98 Å². The van der Waals surface area contributed by atoms with E-state index in [0.29, 0.717) is 5.92 Å². The Morgan fingerprint density at radius 2 is 2.06 bits per heavy atom. The lowest BCUT2D eigenvalue weighted by Crippen LogP contribution is -1.99. The van der Waals surface area contributed by atoms with E-state index >= 15 is 0 Å². The standard InChI is InChI=1S/C15H16N2S/c1-9-4-3-5-12(8-9)13-10(2)15(18)17-14(16-13)11-6-7-11/h3-5,8,11H,6-7H2,1-2H3,(H,16,17,18). The van der Waals surface area contributed by atoms with Crippen LogP contribution in [0.4, 0.5) is 0 Å². The number of hydrogen-bond donors (Lipinski definition) is 1. The van der Waals surface area contributed by atoms with Gasteiger partial charge in [0.15, 0.2) is 0 Å². The van der Waals surface area contributed by atoms with Gasteiger partial charge in [0.25, 0.3) is 0 Å². The summed E-state index contributed by atoms with van der Waals surface area (Å²) in [5.41, 5.74) is 4.65. The predicted octanol–water partition coefficient (Wildman–Crippen LogP) is 4.30. The topological polar surface area (TPSA) is 28.7 Å². The molecule has 3 heteroatoms. The van der Waals surface area contributed by atoms with E-state index in [9.17, 15) is 0 Å². The Morgan fingerprint density at radius 1 is 1.28 bits per heavy atom. The zero-order chi connectivity index (χ0) is 12.7. The molecule has 2 aromatic rings. The van der Waals surface area contributed by atoms with E-state index in [0.717, 1.165) is 21.7 Å². The Balaban J connectivity index is 2.18. The molecule has 1 heterocycles. The number of aryl methyl sites for hydroxylation is 1. The van der Waals surface area contributed by atoms with Crippen molar-refractivity contribution in [1.29, 1.82) is 0 Å². The zero-order valence-electron chi connectivity index (χ0n) is 10.7. The number of aromatic nitrogens is 2. The summed E-state index contributed by atoms with van der Waals surface area (Å²) in [6, 6.07) is 8.50. The van der Waals surface area contributed by atoms with Gasteiger partial charge in [0.1, 0.15) is 10.5 Å². The molecule has 1 aromatic heterocycles. The Labute approximate surface area is 112 Å². The predicted molar refractivity (Wildman–Crippen MR) is 76.3 cm³/mol. The number of nitrogens with zero attached hydrogens (tertiary/aromatic N) is 1. The monoisotopic (exact) mass is 256 g/mol. The fourth-order valence-electron chi connectivity index (χ4n) is 2.19. The first-order valence-electron chi connectivity index (χ1n) is 6.33. The van der Waals surface area contributed by atoms with Gasteiger partial charge >= 0.3 is 0 Å². The molecule has 0 aliphatic heterocycles. The molecule has 1 aromatic carbocycles. The van der Waals surface area contributed by atoms with Gasteiger partial charge in [-0.1, -0.05) is 36.0 Å². The minimum absolute atomic E-state index is 0.593. The summed E-state index contributed by atoms with van der Waals surface area (Å²) in [6.07, 6.45) is 2.46. The third kappa shape index (κ3) is 2.10. The molecule has 0 unspecified atom stereocenters. The molecule has 0 spiro atoms. The van der Waals surface area contributed by atoms with E-state index in [1.165, 1.54) is 24.0 Å². The van der Waals surface area contributed by atoms with E-state index in [1.54, 1.807) is 0 Å². The molecule has 0 saturated heterocycles. The molecule has 2 nitrogen and oxygen atoms in total. The lowest BCUT2D eigenvalue weighted by atomic mass is 10.1. The Hall–Kier alpha value is -1.48. The summed E-state index contributed by atoms with van der Waals surface area (Å²) in [5, 5.41) is 0. The van der Waals surface area contributed by atoms with Crippen LogP contribution < -0.4 is 0 Å². The van der Waals surface area contributed by atoms with Crippen LogP contribution in [0, 0.1) is 18.5 Å². The van der Waals surface area contributed by atoms with E-state index < -0.39 is 0 Å². The van der Waals surface area contributed by atoms with Crippen LogP contribution in [0.3, 0.4) is 0 Å². The van der Waals surface area contributed by atoms with Crippen molar-refractivity contribution in [1.82, 2.24) is 9.97 Å². The summed E-state index contributed by atoms with van der Waals surface area (Å²) < 4.78 is 0.729. The molecule has 0 amide bonds. The largest absolute Gasteiger partial charge is 0.343 e. The van der Waals surface area contributed by atoms with E-state index in [1.807, 2.05) is 6.92 Å². The minimum atomic E-state index is 0.593. The first-order valence-corrected chi connectivity index (χ1v) is 6.74. The Bertz CT molecular complexity index is 654. The van der Waals surface area contributed by atoms with Crippen LogP contribution in [0.5, 0.6) is 0 Å². The fraction of sp³-hybridized carbons (Fsp3) is 0.333. The van der Waals surface area contributed by atoms with Crippen molar-refractivity contribution >= 4 is 12.2 Å². The van der Waals surface area contributed by atoms with Gasteiger partial charge in [0, 0.05) is 11.5 Å². The molecular weight excluding hydrogens is 240 g/mol. The summed E-state index contributed by atoms with van der Waals surface area (Å²) in [7, 11) is 0. The number of nitrogens with one attached hydrogen (secondary N) is 1. The van der Waals surface area contributed by atoms with E-state index in [-0.39, 0.29) is 0 Å². The number of H-pyrrole nitrogens is 1. The maximum atomic E-state index is 5.38. The van der Waals surface area contributed by atoms with Crippen LogP contribution in [0.1, 0.15) is 35.7 Å². The first kappa shape index (κ1) is 11.6. The smallest absolute Gasteiger partial charge is 0.133 e. The maximum absolute atomic E-state index is 5.38. The molecule has 1 N–H and O–H groups in total. The second-order valence-electron chi connectivity index (χ2n) is 5.07. The van der Waals surface area contributed by atoms with E-state index in [4.69, 9.17) is 12.2 Å². The summed E-state index contributed by atoms with van der Waals surface area (Å²) in [4.78, 5) is 7.98. The average molecular weight is 256 g/mol. The highest BCUT2D eigenvalue weighted by Crippen LogP contribution is 2.39. The molecular formula is C15H16N2S. The Kier molecular flexibility index (Phi) is 2.78. The number of benzene rings is 1. The highest BCUT2D eigenvalue weighted by atomic mass is 32.1. The molecule has 0 bridgehead atoms. The number of rotatable bonds is 2. The fourth-order valence-corrected chi connectivity index (χ4v) is 2.39. The number of hydrogen-bond acceptors (Lipinski definition) is 2. The summed E-state index contributed by atoms with van der Waals surface area (Å²) >= 11 is 5.38. The summed E-state index contributed by atoms with van der Waals surface area (Å²) in [6.45, 7) is 4.15. The second kappa shape index (κ2) is 4.32. The van der Waals surface area contributed by atoms with Crippen LogP contribution in [-0.4, -0.2) is 9.97 Å². The summed E-state index contributed by atoms with van der Waals surface area (Å²) in [5.74, 6) is 1.65. The highest BCUT2D eigenvalue weighted by molar-refractivity contribution is 7.71. The van der Waals surface area contributed by atoms with Crippen molar-refractivity contribution in [3.63, 3.8) is 0 Å². The molecule has 0 atom stereocenters. The van der Waals surface area contributed by atoms with Crippen molar-refractivity contribution in [2.45, 2.75) is 32.6 Å². The van der Waals surface area contributed by atoms with Gasteiger partial charge in [-0.05, 0) is 38.3 Å². The maximum Gasteiger partial charge on any atom is 0.133 e. The van der Waals surface area contributed by atoms with Gasteiger partial charge < -0.3 is 4.98 Å². The van der Waals surface area contributed by atoms with Crippen LogP contribution >= 0.6 is 12.2 Å². The first-order chi connectivity index (χ1) is 8.65. The van der Waals surface area contributed by atoms with Gasteiger partial charge in [-0.2, -0.15) is 0 Å². The SMILES string of the molecule is Cc1cccc(-c2[nH]c(C3CC3)nc(=S)c2C)c1. The third-order valence-electron chi connectivity index (χ3n) is 3.44. The van der Waals surface area contributed by atoms with Gasteiger partial charge in [0.2, 0.25) is 0 Å². The number of aromatic amines is 1. The van der Waals surface area contributed by atoms with Crippen LogP contribution in [-0.2, 0) is 0 Å². The third-order valence-corrected chi connectivity index (χ3v) is 3.84. The molecule has 1 fully saturated rings. The highest BCUT2D eigenvalue weighted by Gasteiger charge is 2.26. The average Bonchev–Trinajstić information content (AvgIpc) is 3.16. The quantitative estimate of drug-likeness (QED) is 0.811. The van der Waals surface area contributed by atoms with Crippen molar-refractivity contribution in [3.05, 3.63) is 45.9 Å². The minimum Gasteiger partial charge on any atom is -0.343 e. The van der Waals surface area contributed by atoms with E-state index in [2.05, 4.69) is 41.2 Å². The van der Waals surface area contributed by atoms with Crippen LogP contribution in [0.2, 0.25) is 0 Å². The zero-order valence-corrected chi connectivity index (χ0v) is 11.5. The van der Waals surface area contributed by atoms with Crippen molar-refractivity contribution in [2.24, 2.45) is 0 Å².